The monoisotopic (exact) mass is 226 g/mol. The standard InChI is InChI=1S/C13H26OSi/c1-12(2)10-8-9-11-14-15(6,7)13(3,4)5/h8-12H,1-7H3/b10-8+,11-9-. The van der Waals surface area contributed by atoms with Crippen molar-refractivity contribution in [2.45, 2.75) is 52.8 Å². The topological polar surface area (TPSA) is 9.23 Å². The lowest BCUT2D eigenvalue weighted by atomic mass is 10.2. The van der Waals surface area contributed by atoms with E-state index in [0.29, 0.717) is 5.92 Å². The minimum absolute atomic E-state index is 0.277. The summed E-state index contributed by atoms with van der Waals surface area (Å²) >= 11 is 0. The highest BCUT2D eigenvalue weighted by molar-refractivity contribution is 6.74. The van der Waals surface area contributed by atoms with Crippen LogP contribution in [-0.2, 0) is 4.43 Å². The van der Waals surface area contributed by atoms with E-state index in [9.17, 15) is 0 Å². The highest BCUT2D eigenvalue weighted by Gasteiger charge is 2.37. The Labute approximate surface area is 96.4 Å². The van der Waals surface area contributed by atoms with E-state index in [1.165, 1.54) is 0 Å². The van der Waals surface area contributed by atoms with Crippen molar-refractivity contribution in [2.75, 3.05) is 0 Å². The van der Waals surface area contributed by atoms with Gasteiger partial charge in [-0.25, -0.2) is 0 Å². The molecular weight excluding hydrogens is 200 g/mol. The highest BCUT2D eigenvalue weighted by Crippen LogP contribution is 2.36. The smallest absolute Gasteiger partial charge is 0.249 e. The second-order valence-corrected chi connectivity index (χ2v) is 10.6. The van der Waals surface area contributed by atoms with Crippen molar-refractivity contribution in [3.8, 4) is 0 Å². The van der Waals surface area contributed by atoms with Crippen LogP contribution in [0.5, 0.6) is 0 Å². The number of rotatable bonds is 4. The van der Waals surface area contributed by atoms with Gasteiger partial charge < -0.3 is 4.43 Å². The van der Waals surface area contributed by atoms with Gasteiger partial charge in [-0.2, -0.15) is 0 Å². The zero-order valence-electron chi connectivity index (χ0n) is 11.3. The maximum atomic E-state index is 5.88. The molecule has 0 amide bonds. The summed E-state index contributed by atoms with van der Waals surface area (Å²) in [5, 5.41) is 0.277. The summed E-state index contributed by atoms with van der Waals surface area (Å²) in [6.07, 6.45) is 8.04. The van der Waals surface area contributed by atoms with Crippen molar-refractivity contribution in [1.82, 2.24) is 0 Å². The van der Waals surface area contributed by atoms with Crippen LogP contribution < -0.4 is 0 Å². The summed E-state index contributed by atoms with van der Waals surface area (Å²) in [6, 6.07) is 0. The number of hydrogen-bond donors (Lipinski definition) is 0. The van der Waals surface area contributed by atoms with Gasteiger partial charge in [0.2, 0.25) is 8.32 Å². The molecule has 0 radical (unpaired) electrons. The minimum Gasteiger partial charge on any atom is -0.549 e. The molecule has 0 aromatic carbocycles. The fourth-order valence-electron chi connectivity index (χ4n) is 0.718. The van der Waals surface area contributed by atoms with Crippen LogP contribution in [-0.4, -0.2) is 8.32 Å². The van der Waals surface area contributed by atoms with Crippen molar-refractivity contribution in [2.24, 2.45) is 5.92 Å². The van der Waals surface area contributed by atoms with Gasteiger partial charge >= 0.3 is 0 Å². The van der Waals surface area contributed by atoms with Gasteiger partial charge in [0.15, 0.2) is 0 Å². The van der Waals surface area contributed by atoms with Crippen LogP contribution in [0, 0.1) is 5.92 Å². The third-order valence-electron chi connectivity index (χ3n) is 2.85. The van der Waals surface area contributed by atoms with E-state index in [0.717, 1.165) is 0 Å². The first-order valence-corrected chi connectivity index (χ1v) is 8.59. The highest BCUT2D eigenvalue weighted by atomic mass is 28.4. The Kier molecular flexibility index (Phi) is 5.36. The van der Waals surface area contributed by atoms with Crippen LogP contribution in [0.1, 0.15) is 34.6 Å². The molecule has 0 N–H and O–H groups in total. The first kappa shape index (κ1) is 14.5. The Balaban J connectivity index is 4.16. The predicted octanol–water partition coefficient (Wildman–Crippen LogP) is 4.73. The van der Waals surface area contributed by atoms with Gasteiger partial charge in [0.25, 0.3) is 0 Å². The second kappa shape index (κ2) is 5.55. The molecular formula is C13H26OSi. The third-order valence-corrected chi connectivity index (χ3v) is 7.19. The zero-order chi connectivity index (χ0) is 12.1. The van der Waals surface area contributed by atoms with E-state index in [1.807, 2.05) is 12.3 Å². The summed E-state index contributed by atoms with van der Waals surface area (Å²) in [6.45, 7) is 15.6. The third kappa shape index (κ3) is 5.83. The molecule has 0 bridgehead atoms. The predicted molar refractivity (Wildman–Crippen MR) is 71.4 cm³/mol. The van der Waals surface area contributed by atoms with Crippen LogP contribution in [0.15, 0.2) is 24.5 Å². The molecule has 0 saturated carbocycles. The average molecular weight is 226 g/mol. The Morgan fingerprint density at radius 2 is 1.60 bits per heavy atom. The van der Waals surface area contributed by atoms with Crippen molar-refractivity contribution in [3.05, 3.63) is 24.5 Å². The van der Waals surface area contributed by atoms with Crippen molar-refractivity contribution in [1.29, 1.82) is 0 Å². The van der Waals surface area contributed by atoms with Crippen LogP contribution >= 0.6 is 0 Å². The van der Waals surface area contributed by atoms with Crippen molar-refractivity contribution in [3.63, 3.8) is 0 Å². The van der Waals surface area contributed by atoms with Gasteiger partial charge in [-0.3, -0.25) is 0 Å². The lowest BCUT2D eigenvalue weighted by Crippen LogP contribution is -2.39. The lowest BCUT2D eigenvalue weighted by molar-refractivity contribution is 0.430. The molecule has 0 fully saturated rings. The summed E-state index contributed by atoms with van der Waals surface area (Å²) in [4.78, 5) is 0. The van der Waals surface area contributed by atoms with E-state index in [-0.39, 0.29) is 5.04 Å². The average Bonchev–Trinajstić information content (AvgIpc) is 2.00. The summed E-state index contributed by atoms with van der Waals surface area (Å²) in [5.74, 6) is 0.600. The molecule has 0 unspecified atom stereocenters. The molecule has 0 aromatic rings. The van der Waals surface area contributed by atoms with E-state index >= 15 is 0 Å². The minimum atomic E-state index is -1.60. The van der Waals surface area contributed by atoms with Gasteiger partial charge in [-0.05, 0) is 30.1 Å². The van der Waals surface area contributed by atoms with Gasteiger partial charge in [-0.1, -0.05) is 46.8 Å². The zero-order valence-corrected chi connectivity index (χ0v) is 12.3. The van der Waals surface area contributed by atoms with E-state index < -0.39 is 8.32 Å². The largest absolute Gasteiger partial charge is 0.549 e. The van der Waals surface area contributed by atoms with Crippen LogP contribution in [0.3, 0.4) is 0 Å². The molecule has 0 rings (SSSR count). The fourth-order valence-corrected chi connectivity index (χ4v) is 1.49. The molecule has 0 aliphatic rings. The van der Waals surface area contributed by atoms with Crippen molar-refractivity contribution >= 4 is 8.32 Å². The van der Waals surface area contributed by atoms with E-state index in [1.54, 1.807) is 0 Å². The van der Waals surface area contributed by atoms with Gasteiger partial charge in [0, 0.05) is 0 Å². The summed E-state index contributed by atoms with van der Waals surface area (Å²) in [5.41, 5.74) is 0. The molecule has 0 saturated heterocycles. The molecule has 0 aliphatic carbocycles. The van der Waals surface area contributed by atoms with Gasteiger partial charge in [-0.15, -0.1) is 0 Å². The summed E-state index contributed by atoms with van der Waals surface area (Å²) < 4.78 is 5.88. The Hall–Kier alpha value is -0.503. The molecule has 88 valence electrons. The van der Waals surface area contributed by atoms with E-state index in [4.69, 9.17) is 4.43 Å². The first-order valence-electron chi connectivity index (χ1n) is 5.68. The lowest BCUT2D eigenvalue weighted by Gasteiger charge is -2.34. The number of allylic oxidation sites excluding steroid dienone is 3. The summed E-state index contributed by atoms with van der Waals surface area (Å²) in [7, 11) is -1.60. The molecule has 0 spiro atoms. The van der Waals surface area contributed by atoms with Gasteiger partial charge in [0.05, 0.1) is 6.26 Å². The maximum Gasteiger partial charge on any atom is 0.249 e. The Morgan fingerprint density at radius 3 is 2.00 bits per heavy atom. The van der Waals surface area contributed by atoms with Gasteiger partial charge in [0.1, 0.15) is 0 Å². The normalized spacial score (nSPS) is 14.4. The van der Waals surface area contributed by atoms with Crippen LogP contribution in [0.4, 0.5) is 0 Å². The Morgan fingerprint density at radius 1 is 1.07 bits per heavy atom. The molecule has 1 nitrogen and oxygen atoms in total. The molecule has 15 heavy (non-hydrogen) atoms. The van der Waals surface area contributed by atoms with Crippen LogP contribution in [0.2, 0.25) is 18.1 Å². The van der Waals surface area contributed by atoms with Crippen LogP contribution in [0.25, 0.3) is 0 Å². The molecule has 0 heterocycles. The second-order valence-electron chi connectivity index (χ2n) is 5.84. The molecule has 0 aromatic heterocycles. The van der Waals surface area contributed by atoms with E-state index in [2.05, 4.69) is 59.9 Å². The Bertz CT molecular complexity index is 231. The quantitative estimate of drug-likeness (QED) is 0.382. The SMILES string of the molecule is CC(C)/C=C/C=C\O[Si](C)(C)C(C)(C)C. The fraction of sp³-hybridized carbons (Fsp3) is 0.692. The maximum absolute atomic E-state index is 5.88. The molecule has 2 heteroatoms. The van der Waals surface area contributed by atoms with Crippen molar-refractivity contribution < 1.29 is 4.43 Å². The first-order chi connectivity index (χ1) is 6.67. The molecule has 0 aliphatic heterocycles. The molecule has 0 atom stereocenters. The number of hydrogen-bond acceptors (Lipinski definition) is 1.